The van der Waals surface area contributed by atoms with Crippen molar-refractivity contribution in [2.75, 3.05) is 0 Å². The number of hydrogen-bond acceptors (Lipinski definition) is 2. The third-order valence-corrected chi connectivity index (χ3v) is 2.25. The second-order valence-electron chi connectivity index (χ2n) is 2.19. The third kappa shape index (κ3) is 2.18. The molecule has 0 bridgehead atoms. The first-order chi connectivity index (χ1) is 5.09. The molecule has 1 rings (SSSR count). The van der Waals surface area contributed by atoms with Gasteiger partial charge in [-0.2, -0.15) is 5.10 Å². The maximum absolute atomic E-state index is 10.2. The van der Waals surface area contributed by atoms with E-state index in [1.165, 1.54) is 4.68 Å². The first-order valence-electron chi connectivity index (χ1n) is 3.01. The molecule has 1 aromatic heterocycles. The molecule has 0 fully saturated rings. The summed E-state index contributed by atoms with van der Waals surface area (Å²) in [6.45, 7) is 1.83. The molecule has 0 saturated heterocycles. The quantitative estimate of drug-likeness (QED) is 0.808. The van der Waals surface area contributed by atoms with Crippen molar-refractivity contribution in [3.63, 3.8) is 0 Å². The molecule has 60 valence electrons. The van der Waals surface area contributed by atoms with Crippen LogP contribution in [0.1, 0.15) is 5.56 Å². The highest BCUT2D eigenvalue weighted by molar-refractivity contribution is 14.1. The Hall–Kier alpha value is -0.590. The van der Waals surface area contributed by atoms with Gasteiger partial charge in [-0.05, 0) is 29.5 Å². The number of carboxylic acid groups (broad SMARTS) is 1. The zero-order valence-electron chi connectivity index (χ0n) is 5.91. The van der Waals surface area contributed by atoms with Crippen LogP contribution < -0.4 is 0 Å². The van der Waals surface area contributed by atoms with E-state index in [0.29, 0.717) is 0 Å². The molecule has 4 nitrogen and oxygen atoms in total. The zero-order chi connectivity index (χ0) is 8.43. The van der Waals surface area contributed by atoms with Gasteiger partial charge in [0.2, 0.25) is 0 Å². The SMILES string of the molecule is Cc1cn(CC(=O)O)nc1I. The van der Waals surface area contributed by atoms with Crippen LogP contribution in [0.15, 0.2) is 6.20 Å². The largest absolute Gasteiger partial charge is 0.480 e. The lowest BCUT2D eigenvalue weighted by Gasteiger charge is -1.92. The second-order valence-corrected chi connectivity index (χ2v) is 3.22. The van der Waals surface area contributed by atoms with E-state index in [-0.39, 0.29) is 6.54 Å². The molecule has 5 heteroatoms. The lowest BCUT2D eigenvalue weighted by Crippen LogP contribution is -2.08. The van der Waals surface area contributed by atoms with Crippen molar-refractivity contribution in [1.82, 2.24) is 9.78 Å². The molecule has 0 aliphatic heterocycles. The first-order valence-corrected chi connectivity index (χ1v) is 4.09. The standard InChI is InChI=1S/C6H7IN2O2/c1-4-2-9(3-5(10)11)8-6(4)7/h2H,3H2,1H3,(H,10,11). The molecule has 0 saturated carbocycles. The molecule has 0 spiro atoms. The van der Waals surface area contributed by atoms with Crippen LogP contribution in [0.3, 0.4) is 0 Å². The Morgan fingerprint density at radius 2 is 2.55 bits per heavy atom. The maximum Gasteiger partial charge on any atom is 0.325 e. The van der Waals surface area contributed by atoms with Gasteiger partial charge in [-0.1, -0.05) is 0 Å². The van der Waals surface area contributed by atoms with Crippen molar-refractivity contribution >= 4 is 28.6 Å². The van der Waals surface area contributed by atoms with E-state index in [2.05, 4.69) is 27.7 Å². The minimum Gasteiger partial charge on any atom is -0.480 e. The molecule has 1 aromatic rings. The Morgan fingerprint density at radius 3 is 2.91 bits per heavy atom. The number of aryl methyl sites for hydroxylation is 1. The Morgan fingerprint density at radius 1 is 1.91 bits per heavy atom. The third-order valence-electron chi connectivity index (χ3n) is 1.18. The number of aromatic nitrogens is 2. The summed E-state index contributed by atoms with van der Waals surface area (Å²) in [6, 6.07) is 0. The Balaban J connectivity index is 2.81. The molecule has 11 heavy (non-hydrogen) atoms. The van der Waals surface area contributed by atoms with Crippen molar-refractivity contribution in [2.45, 2.75) is 13.5 Å². The van der Waals surface area contributed by atoms with Crippen LogP contribution in [0.25, 0.3) is 0 Å². The van der Waals surface area contributed by atoms with Crippen LogP contribution >= 0.6 is 22.6 Å². The van der Waals surface area contributed by atoms with Gasteiger partial charge in [-0.15, -0.1) is 0 Å². The van der Waals surface area contributed by atoms with E-state index in [0.717, 1.165) is 9.26 Å². The number of carboxylic acids is 1. The van der Waals surface area contributed by atoms with Crippen molar-refractivity contribution in [2.24, 2.45) is 0 Å². The number of halogens is 1. The summed E-state index contributed by atoms with van der Waals surface area (Å²) in [5, 5.41) is 12.4. The Bertz CT molecular complexity index is 263. The van der Waals surface area contributed by atoms with Gasteiger partial charge in [0.25, 0.3) is 0 Å². The number of carbonyl (C=O) groups is 1. The molecule has 0 radical (unpaired) electrons. The molecular weight excluding hydrogens is 259 g/mol. The fraction of sp³-hybridized carbons (Fsp3) is 0.333. The van der Waals surface area contributed by atoms with Crippen LogP contribution in [-0.2, 0) is 11.3 Å². The highest BCUT2D eigenvalue weighted by atomic mass is 127. The fourth-order valence-corrected chi connectivity index (χ4v) is 1.13. The van der Waals surface area contributed by atoms with E-state index in [1.807, 2.05) is 6.92 Å². The van der Waals surface area contributed by atoms with Gasteiger partial charge in [0.15, 0.2) is 0 Å². The number of nitrogens with zero attached hydrogens (tertiary/aromatic N) is 2. The van der Waals surface area contributed by atoms with Crippen molar-refractivity contribution in [1.29, 1.82) is 0 Å². The highest BCUT2D eigenvalue weighted by Crippen LogP contribution is 2.07. The Kier molecular flexibility index (Phi) is 2.48. The molecule has 0 aliphatic rings. The first kappa shape index (κ1) is 8.51. The fourth-order valence-electron chi connectivity index (χ4n) is 0.717. The van der Waals surface area contributed by atoms with Crippen molar-refractivity contribution in [3.05, 3.63) is 15.5 Å². The summed E-state index contributed by atoms with van der Waals surface area (Å²) >= 11 is 2.07. The lowest BCUT2D eigenvalue weighted by atomic mass is 10.4. The molecular formula is C6H7IN2O2. The smallest absolute Gasteiger partial charge is 0.325 e. The van der Waals surface area contributed by atoms with Gasteiger partial charge in [0, 0.05) is 11.8 Å². The van der Waals surface area contributed by atoms with Crippen LogP contribution in [0, 0.1) is 10.6 Å². The number of aliphatic carboxylic acids is 1. The Labute approximate surface area is 77.4 Å². The predicted octanol–water partition coefficient (Wildman–Crippen LogP) is 0.881. The van der Waals surface area contributed by atoms with Crippen LogP contribution in [0.2, 0.25) is 0 Å². The van der Waals surface area contributed by atoms with E-state index in [9.17, 15) is 4.79 Å². The molecule has 1 N–H and O–H groups in total. The topological polar surface area (TPSA) is 55.1 Å². The molecule has 0 unspecified atom stereocenters. The molecule has 0 atom stereocenters. The summed E-state index contributed by atoms with van der Waals surface area (Å²) in [5.41, 5.74) is 1.01. The molecule has 0 aromatic carbocycles. The minimum absolute atomic E-state index is 0.0656. The summed E-state index contributed by atoms with van der Waals surface area (Å²) in [6.07, 6.45) is 1.72. The highest BCUT2D eigenvalue weighted by Gasteiger charge is 2.03. The van der Waals surface area contributed by atoms with Crippen LogP contribution in [-0.4, -0.2) is 20.9 Å². The summed E-state index contributed by atoms with van der Waals surface area (Å²) in [7, 11) is 0. The van der Waals surface area contributed by atoms with E-state index >= 15 is 0 Å². The summed E-state index contributed by atoms with van der Waals surface area (Å²) < 4.78 is 2.27. The molecule has 0 amide bonds. The van der Waals surface area contributed by atoms with E-state index < -0.39 is 5.97 Å². The van der Waals surface area contributed by atoms with Crippen molar-refractivity contribution < 1.29 is 9.90 Å². The number of hydrogen-bond donors (Lipinski definition) is 1. The van der Waals surface area contributed by atoms with Crippen LogP contribution in [0.4, 0.5) is 0 Å². The van der Waals surface area contributed by atoms with Gasteiger partial charge in [-0.25, -0.2) is 0 Å². The summed E-state index contributed by atoms with van der Waals surface area (Å²) in [5.74, 6) is -0.871. The van der Waals surface area contributed by atoms with Gasteiger partial charge < -0.3 is 5.11 Å². The van der Waals surface area contributed by atoms with Gasteiger partial charge in [-0.3, -0.25) is 9.48 Å². The van der Waals surface area contributed by atoms with Crippen molar-refractivity contribution in [3.8, 4) is 0 Å². The van der Waals surface area contributed by atoms with E-state index in [4.69, 9.17) is 5.11 Å². The minimum atomic E-state index is -0.871. The monoisotopic (exact) mass is 266 g/mol. The van der Waals surface area contributed by atoms with Crippen LogP contribution in [0.5, 0.6) is 0 Å². The average Bonchev–Trinajstić information content (AvgIpc) is 2.10. The van der Waals surface area contributed by atoms with Gasteiger partial charge in [0.05, 0.1) is 0 Å². The zero-order valence-corrected chi connectivity index (χ0v) is 8.07. The number of rotatable bonds is 2. The molecule has 1 heterocycles. The van der Waals surface area contributed by atoms with E-state index in [1.54, 1.807) is 6.20 Å². The summed E-state index contributed by atoms with van der Waals surface area (Å²) in [4.78, 5) is 10.2. The molecule has 0 aliphatic carbocycles. The normalized spacial score (nSPS) is 10.0. The van der Waals surface area contributed by atoms with Gasteiger partial charge >= 0.3 is 5.97 Å². The predicted molar refractivity (Wildman–Crippen MR) is 47.3 cm³/mol. The maximum atomic E-state index is 10.2. The average molecular weight is 266 g/mol. The second kappa shape index (κ2) is 3.21. The van der Waals surface area contributed by atoms with Gasteiger partial charge in [0.1, 0.15) is 10.2 Å². The lowest BCUT2D eigenvalue weighted by molar-refractivity contribution is -0.137.